The van der Waals surface area contributed by atoms with Crippen molar-refractivity contribution in [3.05, 3.63) is 24.2 Å². The molecule has 1 saturated carbocycles. The Hall–Kier alpha value is -0.830. The van der Waals surface area contributed by atoms with Gasteiger partial charge in [-0.1, -0.05) is 13.8 Å². The van der Waals surface area contributed by atoms with E-state index in [-0.39, 0.29) is 6.04 Å². The average Bonchev–Trinajstić information content (AvgIpc) is 2.56. The van der Waals surface area contributed by atoms with Gasteiger partial charge in [-0.25, -0.2) is 4.39 Å². The van der Waals surface area contributed by atoms with E-state index in [2.05, 4.69) is 0 Å². The topological polar surface area (TPSA) is 39.2 Å². The molecule has 13 heavy (non-hydrogen) atoms. The molecule has 2 rings (SSSR count). The Bertz CT molecular complexity index is 307. The lowest BCUT2D eigenvalue weighted by atomic mass is 9.54. The highest BCUT2D eigenvalue weighted by molar-refractivity contribution is 5.27. The van der Waals surface area contributed by atoms with Crippen molar-refractivity contribution >= 4 is 0 Å². The smallest absolute Gasteiger partial charge is 0.147 e. The molecule has 2 unspecified atom stereocenters. The van der Waals surface area contributed by atoms with Crippen LogP contribution in [0, 0.1) is 5.41 Å². The number of alkyl halides is 1. The molecule has 0 radical (unpaired) electrons. The van der Waals surface area contributed by atoms with Crippen LogP contribution in [-0.2, 0) is 5.67 Å². The molecule has 0 aliphatic heterocycles. The van der Waals surface area contributed by atoms with Crippen molar-refractivity contribution in [2.24, 2.45) is 11.1 Å². The predicted octanol–water partition coefficient (Wildman–Crippen LogP) is 2.20. The lowest BCUT2D eigenvalue weighted by Gasteiger charge is -2.54. The van der Waals surface area contributed by atoms with Crippen molar-refractivity contribution in [1.82, 2.24) is 0 Å². The first-order valence-electron chi connectivity index (χ1n) is 4.45. The van der Waals surface area contributed by atoms with Crippen LogP contribution in [0.25, 0.3) is 0 Å². The zero-order valence-electron chi connectivity index (χ0n) is 7.88. The Balaban J connectivity index is 2.35. The van der Waals surface area contributed by atoms with E-state index < -0.39 is 11.1 Å². The van der Waals surface area contributed by atoms with E-state index in [1.54, 1.807) is 6.07 Å². The normalized spacial score (nSPS) is 37.1. The summed E-state index contributed by atoms with van der Waals surface area (Å²) < 4.78 is 19.2. The fraction of sp³-hybridized carbons (Fsp3) is 0.600. The summed E-state index contributed by atoms with van der Waals surface area (Å²) >= 11 is 0. The minimum absolute atomic E-state index is 0.0626. The van der Waals surface area contributed by atoms with Crippen molar-refractivity contribution in [2.75, 3.05) is 0 Å². The van der Waals surface area contributed by atoms with Crippen LogP contribution in [0.15, 0.2) is 23.0 Å². The van der Waals surface area contributed by atoms with Gasteiger partial charge in [-0.15, -0.1) is 0 Å². The minimum atomic E-state index is -1.31. The summed E-state index contributed by atoms with van der Waals surface area (Å²) in [5, 5.41) is 0. The Morgan fingerprint density at radius 2 is 2.31 bits per heavy atom. The van der Waals surface area contributed by atoms with Crippen LogP contribution in [0.5, 0.6) is 0 Å². The van der Waals surface area contributed by atoms with Gasteiger partial charge in [0.25, 0.3) is 0 Å². The molecule has 1 fully saturated rings. The van der Waals surface area contributed by atoms with Gasteiger partial charge in [0.2, 0.25) is 0 Å². The van der Waals surface area contributed by atoms with Crippen LogP contribution in [0.1, 0.15) is 25.8 Å². The van der Waals surface area contributed by atoms with Gasteiger partial charge in [0.1, 0.15) is 5.67 Å². The number of furan rings is 1. The van der Waals surface area contributed by atoms with Gasteiger partial charge in [0.05, 0.1) is 12.5 Å². The number of halogens is 1. The summed E-state index contributed by atoms with van der Waals surface area (Å²) in [7, 11) is 0. The van der Waals surface area contributed by atoms with Gasteiger partial charge < -0.3 is 10.2 Å². The molecule has 1 aliphatic rings. The highest BCUT2D eigenvalue weighted by atomic mass is 19.1. The molecule has 0 spiro atoms. The standard InChI is InChI=1S/C10H14FNO/c1-9(2)8(12)5-10(9,11)7-3-4-13-6-7/h3-4,6,8H,5,12H2,1-2H3. The summed E-state index contributed by atoms with van der Waals surface area (Å²) in [6, 6.07) is 1.61. The molecule has 0 amide bonds. The van der Waals surface area contributed by atoms with Gasteiger partial charge in [-0.05, 0) is 6.07 Å². The number of hydrogen-bond donors (Lipinski definition) is 1. The molecule has 2 nitrogen and oxygen atoms in total. The molecule has 2 atom stereocenters. The van der Waals surface area contributed by atoms with Crippen LogP contribution in [0.4, 0.5) is 4.39 Å². The molecule has 1 aliphatic carbocycles. The van der Waals surface area contributed by atoms with Crippen LogP contribution in [0.2, 0.25) is 0 Å². The quantitative estimate of drug-likeness (QED) is 0.725. The fourth-order valence-electron chi connectivity index (χ4n) is 1.96. The maximum Gasteiger partial charge on any atom is 0.147 e. The average molecular weight is 183 g/mol. The number of rotatable bonds is 1. The lowest BCUT2D eigenvalue weighted by Crippen LogP contribution is -2.62. The van der Waals surface area contributed by atoms with E-state index >= 15 is 0 Å². The maximum atomic E-state index is 14.4. The van der Waals surface area contributed by atoms with E-state index in [1.807, 2.05) is 13.8 Å². The second kappa shape index (κ2) is 2.35. The molecule has 1 heterocycles. The first kappa shape index (κ1) is 8.75. The third kappa shape index (κ3) is 0.908. The van der Waals surface area contributed by atoms with Gasteiger partial charge in [-0.3, -0.25) is 0 Å². The molecular formula is C10H14FNO. The highest BCUT2D eigenvalue weighted by Gasteiger charge is 2.61. The van der Waals surface area contributed by atoms with Crippen molar-refractivity contribution < 1.29 is 8.81 Å². The summed E-state index contributed by atoms with van der Waals surface area (Å²) in [5.74, 6) is 0. The zero-order valence-corrected chi connectivity index (χ0v) is 7.88. The summed E-state index contributed by atoms with van der Waals surface area (Å²) in [5.41, 5.74) is 4.58. The van der Waals surface area contributed by atoms with E-state index in [9.17, 15) is 4.39 Å². The summed E-state index contributed by atoms with van der Waals surface area (Å²) in [6.07, 6.45) is 3.35. The minimum Gasteiger partial charge on any atom is -0.472 e. The van der Waals surface area contributed by atoms with Crippen molar-refractivity contribution in [3.63, 3.8) is 0 Å². The largest absolute Gasteiger partial charge is 0.472 e. The third-order valence-electron chi connectivity index (χ3n) is 3.43. The van der Waals surface area contributed by atoms with Gasteiger partial charge in [-0.2, -0.15) is 0 Å². The molecule has 1 aromatic heterocycles. The van der Waals surface area contributed by atoms with Crippen molar-refractivity contribution in [1.29, 1.82) is 0 Å². The fourth-order valence-corrected chi connectivity index (χ4v) is 1.96. The van der Waals surface area contributed by atoms with E-state index in [0.29, 0.717) is 12.0 Å². The molecular weight excluding hydrogens is 169 g/mol. The lowest BCUT2D eigenvalue weighted by molar-refractivity contribution is -0.108. The number of nitrogens with two attached hydrogens (primary N) is 1. The Morgan fingerprint density at radius 1 is 1.62 bits per heavy atom. The molecule has 72 valence electrons. The zero-order chi connectivity index (χ0) is 9.69. The molecule has 3 heteroatoms. The number of hydrogen-bond acceptors (Lipinski definition) is 2. The van der Waals surface area contributed by atoms with Crippen LogP contribution >= 0.6 is 0 Å². The van der Waals surface area contributed by atoms with Gasteiger partial charge >= 0.3 is 0 Å². The van der Waals surface area contributed by atoms with Crippen molar-refractivity contribution in [2.45, 2.75) is 32.0 Å². The van der Waals surface area contributed by atoms with Crippen LogP contribution in [0.3, 0.4) is 0 Å². The molecule has 0 aromatic carbocycles. The first-order valence-corrected chi connectivity index (χ1v) is 4.45. The molecule has 1 aromatic rings. The van der Waals surface area contributed by atoms with Gasteiger partial charge in [0, 0.05) is 23.4 Å². The molecule has 0 bridgehead atoms. The van der Waals surface area contributed by atoms with Gasteiger partial charge in [0.15, 0.2) is 0 Å². The Kier molecular flexibility index (Phi) is 1.58. The van der Waals surface area contributed by atoms with Crippen molar-refractivity contribution in [3.8, 4) is 0 Å². The maximum absolute atomic E-state index is 14.4. The third-order valence-corrected chi connectivity index (χ3v) is 3.43. The molecule has 2 N–H and O–H groups in total. The molecule has 0 saturated heterocycles. The SMILES string of the molecule is CC1(C)C(N)CC1(F)c1ccoc1. The Labute approximate surface area is 76.9 Å². The van der Waals surface area contributed by atoms with E-state index in [0.717, 1.165) is 0 Å². The first-order chi connectivity index (χ1) is 5.98. The van der Waals surface area contributed by atoms with E-state index in [4.69, 9.17) is 10.2 Å². The Morgan fingerprint density at radius 3 is 2.69 bits per heavy atom. The highest BCUT2D eigenvalue weighted by Crippen LogP contribution is 2.57. The summed E-state index contributed by atoms with van der Waals surface area (Å²) in [6.45, 7) is 3.71. The predicted molar refractivity (Wildman–Crippen MR) is 47.9 cm³/mol. The second-order valence-electron chi connectivity index (χ2n) is 4.35. The monoisotopic (exact) mass is 183 g/mol. The van der Waals surface area contributed by atoms with Crippen LogP contribution in [-0.4, -0.2) is 6.04 Å². The second-order valence-corrected chi connectivity index (χ2v) is 4.35. The van der Waals surface area contributed by atoms with Crippen LogP contribution < -0.4 is 5.73 Å². The van der Waals surface area contributed by atoms with E-state index in [1.165, 1.54) is 12.5 Å². The summed E-state index contributed by atoms with van der Waals surface area (Å²) in [4.78, 5) is 0.